The van der Waals surface area contributed by atoms with Crippen molar-refractivity contribution in [3.05, 3.63) is 60.7 Å². The molecule has 0 unspecified atom stereocenters. The second-order valence-electron chi connectivity index (χ2n) is 6.05. The van der Waals surface area contributed by atoms with Crippen LogP contribution in [0.1, 0.15) is 5.56 Å². The number of benzene rings is 2. The highest BCUT2D eigenvalue weighted by atomic mass is 16.5. The standard InChI is InChI=1S/C20H22N4O/c1-5-24-20(16-9-11-18(25-4)12-10-16)21-19(22-24)17-8-6-7-15(13-17)14-23(2)3/h5-13H,1,14H2,2-4H3. The predicted molar refractivity (Wildman–Crippen MR) is 101 cm³/mol. The van der Waals surface area contributed by atoms with E-state index in [1.54, 1.807) is 18.0 Å². The molecule has 25 heavy (non-hydrogen) atoms. The van der Waals surface area contributed by atoms with Gasteiger partial charge in [-0.15, -0.1) is 5.10 Å². The molecule has 128 valence electrons. The van der Waals surface area contributed by atoms with Gasteiger partial charge in [0, 0.05) is 23.9 Å². The van der Waals surface area contributed by atoms with Crippen molar-refractivity contribution in [3.63, 3.8) is 0 Å². The summed E-state index contributed by atoms with van der Waals surface area (Å²) in [5.41, 5.74) is 3.18. The Kier molecular flexibility index (Phi) is 4.95. The van der Waals surface area contributed by atoms with Crippen molar-refractivity contribution in [2.45, 2.75) is 6.54 Å². The maximum Gasteiger partial charge on any atom is 0.182 e. The Hall–Kier alpha value is -2.92. The second-order valence-corrected chi connectivity index (χ2v) is 6.05. The lowest BCUT2D eigenvalue weighted by Gasteiger charge is -2.09. The minimum absolute atomic E-state index is 0.686. The zero-order valence-electron chi connectivity index (χ0n) is 14.8. The van der Waals surface area contributed by atoms with E-state index in [9.17, 15) is 0 Å². The van der Waals surface area contributed by atoms with Crippen molar-refractivity contribution in [3.8, 4) is 28.5 Å². The molecular weight excluding hydrogens is 312 g/mol. The molecule has 0 fully saturated rings. The second kappa shape index (κ2) is 7.32. The third-order valence-electron chi connectivity index (χ3n) is 3.84. The third-order valence-corrected chi connectivity index (χ3v) is 3.84. The number of aromatic nitrogens is 3. The first-order chi connectivity index (χ1) is 12.1. The number of rotatable bonds is 6. The molecule has 0 saturated carbocycles. The van der Waals surface area contributed by atoms with Crippen LogP contribution in [-0.2, 0) is 6.54 Å². The third kappa shape index (κ3) is 3.78. The van der Waals surface area contributed by atoms with E-state index in [1.165, 1.54) is 5.56 Å². The predicted octanol–water partition coefficient (Wildman–Crippen LogP) is 3.78. The molecule has 0 aliphatic rings. The summed E-state index contributed by atoms with van der Waals surface area (Å²) >= 11 is 0. The largest absolute Gasteiger partial charge is 0.497 e. The van der Waals surface area contributed by atoms with Crippen LogP contribution in [0.5, 0.6) is 5.75 Å². The minimum Gasteiger partial charge on any atom is -0.497 e. The topological polar surface area (TPSA) is 43.2 Å². The van der Waals surface area contributed by atoms with Crippen LogP contribution in [-0.4, -0.2) is 40.9 Å². The summed E-state index contributed by atoms with van der Waals surface area (Å²) in [6.07, 6.45) is 1.67. The van der Waals surface area contributed by atoms with Gasteiger partial charge in [0.2, 0.25) is 0 Å². The molecule has 2 aromatic carbocycles. The van der Waals surface area contributed by atoms with Crippen molar-refractivity contribution < 1.29 is 4.74 Å². The van der Waals surface area contributed by atoms with Crippen LogP contribution in [0.2, 0.25) is 0 Å². The van der Waals surface area contributed by atoms with Gasteiger partial charge in [0.25, 0.3) is 0 Å². The van der Waals surface area contributed by atoms with Gasteiger partial charge in [-0.25, -0.2) is 9.67 Å². The van der Waals surface area contributed by atoms with Crippen molar-refractivity contribution >= 4 is 6.20 Å². The molecule has 0 saturated heterocycles. The number of hydrogen-bond donors (Lipinski definition) is 0. The Labute approximate surface area is 148 Å². The van der Waals surface area contributed by atoms with Crippen LogP contribution >= 0.6 is 0 Å². The molecule has 0 N–H and O–H groups in total. The van der Waals surface area contributed by atoms with Gasteiger partial charge in [-0.2, -0.15) is 0 Å². The van der Waals surface area contributed by atoms with Crippen molar-refractivity contribution in [2.75, 3.05) is 21.2 Å². The fraction of sp³-hybridized carbons (Fsp3) is 0.200. The van der Waals surface area contributed by atoms with Gasteiger partial charge >= 0.3 is 0 Å². The summed E-state index contributed by atoms with van der Waals surface area (Å²) in [6, 6.07) is 16.1. The van der Waals surface area contributed by atoms with Crippen LogP contribution < -0.4 is 4.74 Å². The van der Waals surface area contributed by atoms with E-state index >= 15 is 0 Å². The van der Waals surface area contributed by atoms with Gasteiger partial charge < -0.3 is 9.64 Å². The zero-order valence-corrected chi connectivity index (χ0v) is 14.8. The smallest absolute Gasteiger partial charge is 0.182 e. The molecule has 0 amide bonds. The molecule has 0 radical (unpaired) electrons. The molecule has 3 aromatic rings. The number of methoxy groups -OCH3 is 1. The molecule has 0 spiro atoms. The lowest BCUT2D eigenvalue weighted by atomic mass is 10.1. The van der Waals surface area contributed by atoms with Gasteiger partial charge in [0.1, 0.15) is 5.75 Å². The molecule has 0 aliphatic heterocycles. The molecule has 0 aliphatic carbocycles. The Morgan fingerprint density at radius 2 is 1.88 bits per heavy atom. The lowest BCUT2D eigenvalue weighted by molar-refractivity contribution is 0.402. The molecule has 1 heterocycles. The Bertz CT molecular complexity index is 866. The average Bonchev–Trinajstić information content (AvgIpc) is 3.06. The molecule has 3 rings (SSSR count). The first-order valence-electron chi connectivity index (χ1n) is 8.08. The molecule has 0 atom stereocenters. The van der Waals surface area contributed by atoms with Crippen LogP contribution in [0.15, 0.2) is 55.1 Å². The van der Waals surface area contributed by atoms with Gasteiger partial charge in [0.05, 0.1) is 7.11 Å². The molecular formula is C20H22N4O. The van der Waals surface area contributed by atoms with E-state index in [2.05, 4.69) is 42.8 Å². The molecule has 0 bridgehead atoms. The average molecular weight is 334 g/mol. The Morgan fingerprint density at radius 1 is 1.12 bits per heavy atom. The van der Waals surface area contributed by atoms with E-state index in [1.807, 2.05) is 36.4 Å². The summed E-state index contributed by atoms with van der Waals surface area (Å²) in [5.74, 6) is 2.25. The van der Waals surface area contributed by atoms with E-state index in [-0.39, 0.29) is 0 Å². The fourth-order valence-corrected chi connectivity index (χ4v) is 2.68. The van der Waals surface area contributed by atoms with Gasteiger partial charge in [0.15, 0.2) is 11.6 Å². The number of nitrogens with zero attached hydrogens (tertiary/aromatic N) is 4. The summed E-state index contributed by atoms with van der Waals surface area (Å²) in [5, 5.41) is 4.58. The number of hydrogen-bond acceptors (Lipinski definition) is 4. The number of ether oxygens (including phenoxy) is 1. The normalized spacial score (nSPS) is 10.9. The molecule has 1 aromatic heterocycles. The summed E-state index contributed by atoms with van der Waals surface area (Å²) in [7, 11) is 5.76. The Morgan fingerprint density at radius 3 is 2.52 bits per heavy atom. The maximum absolute atomic E-state index is 5.21. The Balaban J connectivity index is 1.98. The minimum atomic E-state index is 0.686. The highest BCUT2D eigenvalue weighted by Crippen LogP contribution is 2.25. The summed E-state index contributed by atoms with van der Waals surface area (Å²) < 4.78 is 6.92. The summed E-state index contributed by atoms with van der Waals surface area (Å²) in [4.78, 5) is 6.86. The van der Waals surface area contributed by atoms with Gasteiger partial charge in [-0.1, -0.05) is 24.8 Å². The highest BCUT2D eigenvalue weighted by Gasteiger charge is 2.12. The quantitative estimate of drug-likeness (QED) is 0.688. The maximum atomic E-state index is 5.21. The van der Waals surface area contributed by atoms with Crippen molar-refractivity contribution in [1.29, 1.82) is 0 Å². The lowest BCUT2D eigenvalue weighted by Crippen LogP contribution is -2.10. The van der Waals surface area contributed by atoms with Crippen LogP contribution in [0, 0.1) is 0 Å². The van der Waals surface area contributed by atoms with E-state index in [0.717, 1.165) is 29.2 Å². The van der Waals surface area contributed by atoms with E-state index in [0.29, 0.717) is 5.82 Å². The highest BCUT2D eigenvalue weighted by molar-refractivity contribution is 5.64. The molecule has 5 heteroatoms. The van der Waals surface area contributed by atoms with Crippen LogP contribution in [0.4, 0.5) is 0 Å². The SMILES string of the molecule is C=Cn1nc(-c2cccc(CN(C)C)c2)nc1-c1ccc(OC)cc1. The van der Waals surface area contributed by atoms with Crippen molar-refractivity contribution in [1.82, 2.24) is 19.7 Å². The monoisotopic (exact) mass is 334 g/mol. The van der Waals surface area contributed by atoms with E-state index in [4.69, 9.17) is 9.72 Å². The van der Waals surface area contributed by atoms with Crippen LogP contribution in [0.3, 0.4) is 0 Å². The first-order valence-corrected chi connectivity index (χ1v) is 8.08. The summed E-state index contributed by atoms with van der Waals surface area (Å²) in [6.45, 7) is 4.72. The molecule has 5 nitrogen and oxygen atoms in total. The zero-order chi connectivity index (χ0) is 17.8. The van der Waals surface area contributed by atoms with Gasteiger partial charge in [-0.3, -0.25) is 0 Å². The first kappa shape index (κ1) is 16.9. The van der Waals surface area contributed by atoms with Crippen molar-refractivity contribution in [2.24, 2.45) is 0 Å². The van der Waals surface area contributed by atoms with E-state index < -0.39 is 0 Å². The fourth-order valence-electron chi connectivity index (χ4n) is 2.68. The van der Waals surface area contributed by atoms with Gasteiger partial charge in [-0.05, 0) is 50.0 Å². The van der Waals surface area contributed by atoms with Crippen LogP contribution in [0.25, 0.3) is 29.0 Å².